The molecule has 0 aliphatic carbocycles. The molecule has 0 radical (unpaired) electrons. The topological polar surface area (TPSA) is 97.6 Å². The van der Waals surface area contributed by atoms with Crippen molar-refractivity contribution in [2.75, 3.05) is 6.54 Å². The fourth-order valence-corrected chi connectivity index (χ4v) is 3.91. The van der Waals surface area contributed by atoms with Crippen LogP contribution in [-0.4, -0.2) is 36.8 Å². The van der Waals surface area contributed by atoms with E-state index in [-0.39, 0.29) is 11.5 Å². The quantitative estimate of drug-likeness (QED) is 0.436. The molecule has 5 rings (SSSR count). The van der Waals surface area contributed by atoms with Gasteiger partial charge in [0.25, 0.3) is 11.5 Å². The molecule has 1 amide bonds. The number of fused-ring (bicyclic) bond motifs is 2. The van der Waals surface area contributed by atoms with Gasteiger partial charge in [-0.25, -0.2) is 9.67 Å². The Morgan fingerprint density at radius 2 is 2.00 bits per heavy atom. The summed E-state index contributed by atoms with van der Waals surface area (Å²) in [5, 5.41) is 8.57. The summed E-state index contributed by atoms with van der Waals surface area (Å²) in [6, 6.07) is 15.7. The van der Waals surface area contributed by atoms with Crippen molar-refractivity contribution in [2.24, 2.45) is 0 Å². The number of carbonyl (C=O) groups excluding carboxylic acids is 1. The lowest BCUT2D eigenvalue weighted by molar-refractivity contribution is 0.0953. The predicted molar refractivity (Wildman–Crippen MR) is 123 cm³/mol. The average molecular weight is 426 g/mol. The van der Waals surface area contributed by atoms with Gasteiger partial charge in [0.1, 0.15) is 11.7 Å². The average Bonchev–Trinajstić information content (AvgIpc) is 3.40. The third kappa shape index (κ3) is 3.66. The van der Waals surface area contributed by atoms with Crippen LogP contribution in [0.2, 0.25) is 0 Å². The number of aromatic amines is 1. The first-order valence-corrected chi connectivity index (χ1v) is 10.4. The Morgan fingerprint density at radius 1 is 1.12 bits per heavy atom. The molecule has 0 spiro atoms. The zero-order chi connectivity index (χ0) is 22.1. The van der Waals surface area contributed by atoms with Crippen molar-refractivity contribution in [3.63, 3.8) is 0 Å². The van der Waals surface area contributed by atoms with Crippen molar-refractivity contribution in [1.29, 1.82) is 0 Å². The van der Waals surface area contributed by atoms with Crippen molar-refractivity contribution in [3.8, 4) is 0 Å². The number of H-pyrrole nitrogens is 1. The molecule has 0 atom stereocenters. The van der Waals surface area contributed by atoms with E-state index in [1.807, 2.05) is 49.4 Å². The van der Waals surface area contributed by atoms with Crippen LogP contribution in [0.5, 0.6) is 0 Å². The van der Waals surface area contributed by atoms with E-state index in [9.17, 15) is 9.59 Å². The van der Waals surface area contributed by atoms with Crippen LogP contribution in [0.1, 0.15) is 21.5 Å². The van der Waals surface area contributed by atoms with Crippen molar-refractivity contribution < 1.29 is 4.79 Å². The number of nitrogens with zero attached hydrogens (tertiary/aromatic N) is 4. The van der Waals surface area contributed by atoms with Gasteiger partial charge in [0.05, 0.1) is 24.8 Å². The summed E-state index contributed by atoms with van der Waals surface area (Å²) in [6.45, 7) is 3.25. The first kappa shape index (κ1) is 19.7. The Balaban J connectivity index is 1.29. The standard InChI is InChI=1S/C24H22N6O2/c1-16-5-4-6-17(11-16)14-29-15-27-22-20(24(29)32)13-28-30(22)10-9-25-23(31)19-12-26-21-8-3-2-7-18(19)21/h2-8,11-13,15,26H,9-10,14H2,1H3,(H,25,31). The lowest BCUT2D eigenvalue weighted by Gasteiger charge is -2.08. The summed E-state index contributed by atoms with van der Waals surface area (Å²) < 4.78 is 3.23. The molecule has 2 N–H and O–H groups in total. The number of para-hydroxylation sites is 1. The molecule has 0 unspecified atom stereocenters. The van der Waals surface area contributed by atoms with E-state index in [1.54, 1.807) is 28.0 Å². The van der Waals surface area contributed by atoms with E-state index < -0.39 is 0 Å². The first-order valence-electron chi connectivity index (χ1n) is 10.4. The molecule has 0 aliphatic rings. The second-order valence-corrected chi connectivity index (χ2v) is 7.78. The number of hydrogen-bond donors (Lipinski definition) is 2. The molecule has 0 saturated carbocycles. The van der Waals surface area contributed by atoms with Gasteiger partial charge in [-0.3, -0.25) is 14.2 Å². The number of aryl methyl sites for hydroxylation is 1. The summed E-state index contributed by atoms with van der Waals surface area (Å²) in [7, 11) is 0. The molecule has 3 aromatic heterocycles. The number of hydrogen-bond acceptors (Lipinski definition) is 4. The Hall–Kier alpha value is -4.20. The summed E-state index contributed by atoms with van der Waals surface area (Å²) in [4.78, 5) is 33.0. The number of rotatable bonds is 6. The number of aromatic nitrogens is 5. The van der Waals surface area contributed by atoms with Crippen molar-refractivity contribution in [2.45, 2.75) is 20.0 Å². The summed E-state index contributed by atoms with van der Waals surface area (Å²) in [6.07, 6.45) is 4.80. The second-order valence-electron chi connectivity index (χ2n) is 7.78. The Kier molecular flexibility index (Phi) is 5.03. The molecule has 2 aromatic carbocycles. The number of benzene rings is 2. The minimum Gasteiger partial charge on any atom is -0.360 e. The normalized spacial score (nSPS) is 11.3. The van der Waals surface area contributed by atoms with Crippen LogP contribution < -0.4 is 10.9 Å². The fraction of sp³-hybridized carbons (Fsp3) is 0.167. The highest BCUT2D eigenvalue weighted by Gasteiger charge is 2.13. The van der Waals surface area contributed by atoms with Crippen LogP contribution in [-0.2, 0) is 13.1 Å². The molecule has 160 valence electrons. The maximum atomic E-state index is 12.9. The van der Waals surface area contributed by atoms with Gasteiger partial charge in [0, 0.05) is 23.6 Å². The van der Waals surface area contributed by atoms with E-state index in [4.69, 9.17) is 0 Å². The van der Waals surface area contributed by atoms with Crippen LogP contribution in [0.4, 0.5) is 0 Å². The first-order chi connectivity index (χ1) is 15.6. The Labute approximate surface area is 183 Å². The zero-order valence-electron chi connectivity index (χ0n) is 17.6. The van der Waals surface area contributed by atoms with Crippen LogP contribution in [0.15, 0.2) is 72.0 Å². The minimum atomic E-state index is -0.160. The maximum Gasteiger partial charge on any atom is 0.264 e. The SMILES string of the molecule is Cc1cccc(Cn2cnc3c(cnn3CCNC(=O)c3c[nH]c4ccccc34)c2=O)c1. The Bertz CT molecular complexity index is 1490. The summed E-state index contributed by atoms with van der Waals surface area (Å²) in [5.41, 5.74) is 4.08. The van der Waals surface area contributed by atoms with Gasteiger partial charge < -0.3 is 10.3 Å². The lowest BCUT2D eigenvalue weighted by atomic mass is 10.1. The number of nitrogens with one attached hydrogen (secondary N) is 2. The third-order valence-corrected chi connectivity index (χ3v) is 5.50. The predicted octanol–water partition coefficient (Wildman–Crippen LogP) is 2.86. The molecule has 8 nitrogen and oxygen atoms in total. The Morgan fingerprint density at radius 3 is 2.88 bits per heavy atom. The lowest BCUT2D eigenvalue weighted by Crippen LogP contribution is -2.27. The van der Waals surface area contributed by atoms with Crippen LogP contribution in [0, 0.1) is 6.92 Å². The molecule has 0 bridgehead atoms. The van der Waals surface area contributed by atoms with E-state index in [1.165, 1.54) is 0 Å². The summed E-state index contributed by atoms with van der Waals surface area (Å²) in [5.74, 6) is -0.160. The van der Waals surface area contributed by atoms with Gasteiger partial charge in [-0.05, 0) is 18.6 Å². The molecule has 0 fully saturated rings. The molecule has 0 saturated heterocycles. The zero-order valence-corrected chi connectivity index (χ0v) is 17.6. The molecule has 5 aromatic rings. The van der Waals surface area contributed by atoms with Gasteiger partial charge in [-0.2, -0.15) is 5.10 Å². The smallest absolute Gasteiger partial charge is 0.264 e. The van der Waals surface area contributed by atoms with Gasteiger partial charge >= 0.3 is 0 Å². The van der Waals surface area contributed by atoms with Crippen molar-refractivity contribution in [3.05, 3.63) is 94.3 Å². The highest BCUT2D eigenvalue weighted by atomic mass is 16.1. The molecule has 3 heterocycles. The van der Waals surface area contributed by atoms with E-state index in [0.717, 1.165) is 22.0 Å². The van der Waals surface area contributed by atoms with E-state index in [2.05, 4.69) is 26.4 Å². The van der Waals surface area contributed by atoms with Gasteiger partial charge in [0.2, 0.25) is 0 Å². The van der Waals surface area contributed by atoms with Crippen molar-refractivity contribution >= 4 is 27.8 Å². The van der Waals surface area contributed by atoms with E-state index in [0.29, 0.717) is 36.2 Å². The molecular weight excluding hydrogens is 404 g/mol. The van der Waals surface area contributed by atoms with Crippen LogP contribution in [0.3, 0.4) is 0 Å². The fourth-order valence-electron chi connectivity index (χ4n) is 3.91. The van der Waals surface area contributed by atoms with E-state index >= 15 is 0 Å². The van der Waals surface area contributed by atoms with Crippen molar-refractivity contribution in [1.82, 2.24) is 29.6 Å². The van der Waals surface area contributed by atoms with Gasteiger partial charge in [-0.1, -0.05) is 48.0 Å². The number of amides is 1. The number of carbonyl (C=O) groups is 1. The maximum absolute atomic E-state index is 12.9. The molecule has 32 heavy (non-hydrogen) atoms. The van der Waals surface area contributed by atoms with Crippen LogP contribution >= 0.6 is 0 Å². The second kappa shape index (κ2) is 8.14. The highest BCUT2D eigenvalue weighted by Crippen LogP contribution is 2.17. The van der Waals surface area contributed by atoms with Gasteiger partial charge in [-0.15, -0.1) is 0 Å². The largest absolute Gasteiger partial charge is 0.360 e. The molecule has 0 aliphatic heterocycles. The van der Waals surface area contributed by atoms with Gasteiger partial charge in [0.15, 0.2) is 5.65 Å². The molecule has 8 heteroatoms. The monoisotopic (exact) mass is 426 g/mol. The van der Waals surface area contributed by atoms with Crippen LogP contribution in [0.25, 0.3) is 21.9 Å². The molecular formula is C24H22N6O2. The highest BCUT2D eigenvalue weighted by molar-refractivity contribution is 6.06. The minimum absolute atomic E-state index is 0.134. The third-order valence-electron chi connectivity index (χ3n) is 5.50. The summed E-state index contributed by atoms with van der Waals surface area (Å²) >= 11 is 0.